The molecule has 0 spiro atoms. The quantitative estimate of drug-likeness (QED) is 0.711. The molecule has 0 radical (unpaired) electrons. The number of anilines is 1. The van der Waals surface area contributed by atoms with Crippen molar-refractivity contribution in [1.29, 1.82) is 0 Å². The zero-order valence-corrected chi connectivity index (χ0v) is 16.8. The fourth-order valence-corrected chi connectivity index (χ4v) is 4.11. The molecule has 2 N–H and O–H groups in total. The highest BCUT2D eigenvalue weighted by Gasteiger charge is 2.16. The van der Waals surface area contributed by atoms with Gasteiger partial charge >= 0.3 is 0 Å². The van der Waals surface area contributed by atoms with E-state index in [0.29, 0.717) is 25.1 Å². The summed E-state index contributed by atoms with van der Waals surface area (Å²) in [6.07, 6.45) is 3.10. The summed E-state index contributed by atoms with van der Waals surface area (Å²) in [5, 5.41) is 2.89. The van der Waals surface area contributed by atoms with Crippen LogP contribution in [0, 0.1) is 6.92 Å². The van der Waals surface area contributed by atoms with E-state index in [-0.39, 0.29) is 16.9 Å². The lowest BCUT2D eigenvalue weighted by Crippen LogP contribution is -2.31. The number of ether oxygens (including phenoxy) is 1. The third kappa shape index (κ3) is 5.81. The molecule has 0 unspecified atom stereocenters. The first-order chi connectivity index (χ1) is 13.4. The molecule has 2 aromatic rings. The fourth-order valence-electron chi connectivity index (χ4n) is 3.05. The van der Waals surface area contributed by atoms with Crippen LogP contribution < -0.4 is 10.0 Å². The Balaban J connectivity index is 1.50. The Kier molecular flexibility index (Phi) is 6.70. The minimum absolute atomic E-state index is 0.0202. The molecular formula is C21H26N2O4S. The Hall–Kier alpha value is -2.38. The lowest BCUT2D eigenvalue weighted by Gasteiger charge is -2.11. The molecule has 1 fully saturated rings. The molecule has 0 bridgehead atoms. The monoisotopic (exact) mass is 402 g/mol. The van der Waals surface area contributed by atoms with E-state index in [1.807, 2.05) is 19.1 Å². The Labute approximate surface area is 166 Å². The highest BCUT2D eigenvalue weighted by Crippen LogP contribution is 2.18. The molecular weight excluding hydrogens is 376 g/mol. The van der Waals surface area contributed by atoms with Gasteiger partial charge in [0.05, 0.1) is 11.0 Å². The van der Waals surface area contributed by atoms with Crippen LogP contribution in [0.25, 0.3) is 0 Å². The molecule has 1 atom stereocenters. The van der Waals surface area contributed by atoms with Gasteiger partial charge in [-0.15, -0.1) is 0 Å². The Morgan fingerprint density at radius 1 is 1.11 bits per heavy atom. The number of carbonyl (C=O) groups excluding carboxylic acids is 1. The van der Waals surface area contributed by atoms with Gasteiger partial charge in [0.1, 0.15) is 0 Å². The SMILES string of the molecule is Cc1ccc(NS(=O)(=O)c2ccc(CCC(=O)NC[C@H]3CCCO3)cc2)cc1. The molecule has 150 valence electrons. The van der Waals surface area contributed by atoms with Crippen molar-refractivity contribution in [2.75, 3.05) is 17.9 Å². The number of sulfonamides is 1. The van der Waals surface area contributed by atoms with Crippen LogP contribution in [0.1, 0.15) is 30.4 Å². The molecule has 1 aliphatic rings. The van der Waals surface area contributed by atoms with E-state index >= 15 is 0 Å². The number of carbonyl (C=O) groups is 1. The first kappa shape index (κ1) is 20.4. The van der Waals surface area contributed by atoms with Crippen molar-refractivity contribution in [3.05, 3.63) is 59.7 Å². The number of benzene rings is 2. The number of hydrogen-bond acceptors (Lipinski definition) is 4. The lowest BCUT2D eigenvalue weighted by molar-refractivity contribution is -0.121. The minimum atomic E-state index is -3.64. The van der Waals surface area contributed by atoms with Crippen molar-refractivity contribution in [1.82, 2.24) is 5.32 Å². The molecule has 1 amide bonds. The maximum absolute atomic E-state index is 12.5. The summed E-state index contributed by atoms with van der Waals surface area (Å²) in [7, 11) is -3.64. The Morgan fingerprint density at radius 2 is 1.82 bits per heavy atom. The number of aryl methyl sites for hydroxylation is 2. The van der Waals surface area contributed by atoms with Gasteiger partial charge in [-0.1, -0.05) is 29.8 Å². The average molecular weight is 403 g/mol. The van der Waals surface area contributed by atoms with Crippen LogP contribution in [0.4, 0.5) is 5.69 Å². The first-order valence-corrected chi connectivity index (χ1v) is 11.0. The van der Waals surface area contributed by atoms with E-state index < -0.39 is 10.0 Å². The highest BCUT2D eigenvalue weighted by molar-refractivity contribution is 7.92. The molecule has 1 saturated heterocycles. The summed E-state index contributed by atoms with van der Waals surface area (Å²) in [4.78, 5) is 12.1. The van der Waals surface area contributed by atoms with Crippen LogP contribution in [-0.2, 0) is 26.0 Å². The number of nitrogens with one attached hydrogen (secondary N) is 2. The average Bonchev–Trinajstić information content (AvgIpc) is 3.20. The van der Waals surface area contributed by atoms with Gasteiger partial charge in [0.15, 0.2) is 0 Å². The van der Waals surface area contributed by atoms with Gasteiger partial charge in [-0.25, -0.2) is 8.42 Å². The highest BCUT2D eigenvalue weighted by atomic mass is 32.2. The van der Waals surface area contributed by atoms with Crippen molar-refractivity contribution in [3.8, 4) is 0 Å². The number of amides is 1. The van der Waals surface area contributed by atoms with E-state index in [9.17, 15) is 13.2 Å². The molecule has 0 aromatic heterocycles. The summed E-state index contributed by atoms with van der Waals surface area (Å²) in [5.74, 6) is -0.0202. The molecule has 7 heteroatoms. The van der Waals surface area contributed by atoms with E-state index in [4.69, 9.17) is 4.74 Å². The molecule has 2 aromatic carbocycles. The Morgan fingerprint density at radius 3 is 2.46 bits per heavy atom. The van der Waals surface area contributed by atoms with Gasteiger partial charge in [0.2, 0.25) is 5.91 Å². The summed E-state index contributed by atoms with van der Waals surface area (Å²) < 4.78 is 33.0. The summed E-state index contributed by atoms with van der Waals surface area (Å²) in [6, 6.07) is 13.8. The summed E-state index contributed by atoms with van der Waals surface area (Å²) in [6.45, 7) is 3.27. The zero-order valence-electron chi connectivity index (χ0n) is 16.0. The third-order valence-corrected chi connectivity index (χ3v) is 6.13. The summed E-state index contributed by atoms with van der Waals surface area (Å²) in [5.41, 5.74) is 2.51. The second-order valence-corrected chi connectivity index (χ2v) is 8.74. The standard InChI is InChI=1S/C21H26N2O4S/c1-16-4-9-18(10-5-16)23-28(25,26)20-11-6-17(7-12-20)8-13-21(24)22-15-19-3-2-14-27-19/h4-7,9-12,19,23H,2-3,8,13-15H2,1H3,(H,22,24)/t19-/m1/s1. The smallest absolute Gasteiger partial charge is 0.261 e. The van der Waals surface area contributed by atoms with Gasteiger partial charge in [0, 0.05) is 25.3 Å². The second-order valence-electron chi connectivity index (χ2n) is 7.05. The predicted molar refractivity (Wildman–Crippen MR) is 109 cm³/mol. The van der Waals surface area contributed by atoms with Gasteiger partial charge in [0.25, 0.3) is 10.0 Å². The molecule has 28 heavy (non-hydrogen) atoms. The van der Waals surface area contributed by atoms with Crippen LogP contribution in [0.2, 0.25) is 0 Å². The van der Waals surface area contributed by atoms with Gasteiger partial charge in [-0.05, 0) is 56.0 Å². The molecule has 1 heterocycles. The van der Waals surface area contributed by atoms with Gasteiger partial charge < -0.3 is 10.1 Å². The van der Waals surface area contributed by atoms with Crippen LogP contribution in [0.3, 0.4) is 0 Å². The summed E-state index contributed by atoms with van der Waals surface area (Å²) >= 11 is 0. The van der Waals surface area contributed by atoms with Crippen molar-refractivity contribution >= 4 is 21.6 Å². The topological polar surface area (TPSA) is 84.5 Å². The number of rotatable bonds is 8. The maximum atomic E-state index is 12.5. The third-order valence-electron chi connectivity index (χ3n) is 4.73. The van der Waals surface area contributed by atoms with Gasteiger partial charge in [-0.3, -0.25) is 9.52 Å². The molecule has 0 saturated carbocycles. The molecule has 0 aliphatic carbocycles. The number of hydrogen-bond donors (Lipinski definition) is 2. The van der Waals surface area contributed by atoms with Crippen LogP contribution >= 0.6 is 0 Å². The maximum Gasteiger partial charge on any atom is 0.261 e. The van der Waals surface area contributed by atoms with E-state index in [2.05, 4.69) is 10.0 Å². The fraction of sp³-hybridized carbons (Fsp3) is 0.381. The van der Waals surface area contributed by atoms with Crippen LogP contribution in [0.5, 0.6) is 0 Å². The van der Waals surface area contributed by atoms with Crippen molar-refractivity contribution in [2.24, 2.45) is 0 Å². The van der Waals surface area contributed by atoms with Gasteiger partial charge in [-0.2, -0.15) is 0 Å². The first-order valence-electron chi connectivity index (χ1n) is 9.49. The van der Waals surface area contributed by atoms with E-state index in [0.717, 1.165) is 30.6 Å². The zero-order chi connectivity index (χ0) is 20.0. The van der Waals surface area contributed by atoms with Crippen LogP contribution in [-0.4, -0.2) is 33.6 Å². The van der Waals surface area contributed by atoms with Crippen LogP contribution in [0.15, 0.2) is 53.4 Å². The molecule has 3 rings (SSSR count). The van der Waals surface area contributed by atoms with Crippen molar-refractivity contribution in [2.45, 2.75) is 43.6 Å². The Bertz CT molecular complexity index is 887. The van der Waals surface area contributed by atoms with Crippen molar-refractivity contribution in [3.63, 3.8) is 0 Å². The van der Waals surface area contributed by atoms with E-state index in [1.165, 1.54) is 0 Å². The largest absolute Gasteiger partial charge is 0.376 e. The van der Waals surface area contributed by atoms with Crippen molar-refractivity contribution < 1.29 is 17.9 Å². The molecule has 1 aliphatic heterocycles. The second kappa shape index (κ2) is 9.21. The normalized spacial score (nSPS) is 16.7. The lowest BCUT2D eigenvalue weighted by atomic mass is 10.1. The predicted octanol–water partition coefficient (Wildman–Crippen LogP) is 3.02. The minimum Gasteiger partial charge on any atom is -0.376 e. The van der Waals surface area contributed by atoms with E-state index in [1.54, 1.807) is 36.4 Å². The molecule has 6 nitrogen and oxygen atoms in total.